The maximum Gasteiger partial charge on any atom is 0.268 e. The van der Waals surface area contributed by atoms with E-state index in [0.29, 0.717) is 18.0 Å². The molecule has 2 aromatic rings. The Morgan fingerprint density at radius 3 is 3.00 bits per heavy atom. The molecule has 0 saturated heterocycles. The summed E-state index contributed by atoms with van der Waals surface area (Å²) in [6.07, 6.45) is 0. The molecule has 0 saturated carbocycles. The number of carbonyl (C=O) groups is 1. The minimum Gasteiger partial charge on any atom is -0.397 e. The van der Waals surface area contributed by atoms with Crippen molar-refractivity contribution in [3.63, 3.8) is 0 Å². The van der Waals surface area contributed by atoms with Gasteiger partial charge in [-0.3, -0.25) is 4.79 Å². The van der Waals surface area contributed by atoms with E-state index in [1.165, 1.54) is 0 Å². The van der Waals surface area contributed by atoms with Gasteiger partial charge in [0, 0.05) is 18.5 Å². The van der Waals surface area contributed by atoms with E-state index in [2.05, 4.69) is 10.3 Å². The molecule has 0 bridgehead atoms. The molecule has 0 spiro atoms. The zero-order valence-corrected chi connectivity index (χ0v) is 10.5. The zero-order chi connectivity index (χ0) is 13.1. The standard InChI is InChI=1S/C13H17N3O2/c1-8(7-18-2)15-13(17)11-6-9-4-3-5-10(14)12(9)16-11/h3-6,8,16H,7,14H2,1-2H3,(H,15,17). The second-order valence-electron chi connectivity index (χ2n) is 4.32. The third-order valence-corrected chi connectivity index (χ3v) is 2.73. The van der Waals surface area contributed by atoms with Crippen LogP contribution in [-0.2, 0) is 4.74 Å². The minimum atomic E-state index is -0.157. The number of anilines is 1. The molecule has 4 N–H and O–H groups in total. The lowest BCUT2D eigenvalue weighted by atomic mass is 10.2. The quantitative estimate of drug-likeness (QED) is 0.716. The van der Waals surface area contributed by atoms with Gasteiger partial charge in [0.1, 0.15) is 5.69 Å². The molecule has 0 aliphatic heterocycles. The molecule has 0 aliphatic rings. The molecule has 1 heterocycles. The second kappa shape index (κ2) is 5.10. The van der Waals surface area contributed by atoms with Gasteiger partial charge in [-0.05, 0) is 19.1 Å². The Bertz CT molecular complexity index is 562. The Morgan fingerprint density at radius 1 is 1.56 bits per heavy atom. The van der Waals surface area contributed by atoms with E-state index in [0.717, 1.165) is 10.9 Å². The van der Waals surface area contributed by atoms with E-state index < -0.39 is 0 Å². The topological polar surface area (TPSA) is 80.1 Å². The van der Waals surface area contributed by atoms with E-state index in [4.69, 9.17) is 10.5 Å². The maximum absolute atomic E-state index is 12.0. The Labute approximate surface area is 105 Å². The Morgan fingerprint density at radius 2 is 2.33 bits per heavy atom. The number of nitrogens with one attached hydrogen (secondary N) is 2. The molecule has 0 fully saturated rings. The first-order valence-electron chi connectivity index (χ1n) is 5.79. The second-order valence-corrected chi connectivity index (χ2v) is 4.32. The van der Waals surface area contributed by atoms with E-state index >= 15 is 0 Å². The summed E-state index contributed by atoms with van der Waals surface area (Å²) in [5.74, 6) is -0.157. The van der Waals surface area contributed by atoms with Gasteiger partial charge in [0.15, 0.2) is 0 Å². The smallest absolute Gasteiger partial charge is 0.268 e. The van der Waals surface area contributed by atoms with Crippen molar-refractivity contribution in [2.24, 2.45) is 0 Å². The first-order valence-corrected chi connectivity index (χ1v) is 5.79. The lowest BCUT2D eigenvalue weighted by Crippen LogP contribution is -2.35. The van der Waals surface area contributed by atoms with Crippen LogP contribution < -0.4 is 11.1 Å². The van der Waals surface area contributed by atoms with Crippen molar-refractivity contribution in [2.75, 3.05) is 19.5 Å². The number of nitrogens with two attached hydrogens (primary N) is 1. The highest BCUT2D eigenvalue weighted by Crippen LogP contribution is 2.20. The largest absolute Gasteiger partial charge is 0.397 e. The van der Waals surface area contributed by atoms with Crippen LogP contribution in [0, 0.1) is 0 Å². The van der Waals surface area contributed by atoms with E-state index in [9.17, 15) is 4.79 Å². The van der Waals surface area contributed by atoms with Crippen LogP contribution >= 0.6 is 0 Å². The summed E-state index contributed by atoms with van der Waals surface area (Å²) in [5.41, 5.74) is 7.77. The predicted octanol–water partition coefficient (Wildman–Crippen LogP) is 1.51. The van der Waals surface area contributed by atoms with Crippen LogP contribution in [0.25, 0.3) is 10.9 Å². The molecule has 0 aliphatic carbocycles. The van der Waals surface area contributed by atoms with Gasteiger partial charge in [-0.25, -0.2) is 0 Å². The minimum absolute atomic E-state index is 0.0359. The monoisotopic (exact) mass is 247 g/mol. The summed E-state index contributed by atoms with van der Waals surface area (Å²) < 4.78 is 4.97. The van der Waals surface area contributed by atoms with E-state index in [-0.39, 0.29) is 11.9 Å². The highest BCUT2D eigenvalue weighted by atomic mass is 16.5. The average molecular weight is 247 g/mol. The van der Waals surface area contributed by atoms with E-state index in [1.54, 1.807) is 19.2 Å². The average Bonchev–Trinajstić information content (AvgIpc) is 2.74. The number of rotatable bonds is 4. The van der Waals surface area contributed by atoms with Crippen LogP contribution in [0.2, 0.25) is 0 Å². The fourth-order valence-electron chi connectivity index (χ4n) is 1.90. The van der Waals surface area contributed by atoms with Crippen LogP contribution in [0.1, 0.15) is 17.4 Å². The number of amides is 1. The Hall–Kier alpha value is -2.01. The molecule has 96 valence electrons. The molecule has 2 rings (SSSR count). The lowest BCUT2D eigenvalue weighted by Gasteiger charge is -2.11. The molecule has 5 heteroatoms. The molecular weight excluding hydrogens is 230 g/mol. The van der Waals surface area contributed by atoms with E-state index in [1.807, 2.05) is 19.1 Å². The number of benzene rings is 1. The SMILES string of the molecule is COCC(C)NC(=O)c1cc2cccc(N)c2[nH]1. The molecular formula is C13H17N3O2. The number of nitrogen functional groups attached to an aromatic ring is 1. The summed E-state index contributed by atoms with van der Waals surface area (Å²) in [7, 11) is 1.60. The summed E-state index contributed by atoms with van der Waals surface area (Å²) in [4.78, 5) is 15.0. The molecule has 1 aromatic carbocycles. The number of hydrogen-bond donors (Lipinski definition) is 3. The van der Waals surface area contributed by atoms with Gasteiger partial charge in [-0.1, -0.05) is 12.1 Å². The van der Waals surface area contributed by atoms with Crippen LogP contribution in [0.15, 0.2) is 24.3 Å². The van der Waals surface area contributed by atoms with Gasteiger partial charge in [0.25, 0.3) is 5.91 Å². The van der Waals surface area contributed by atoms with Crippen molar-refractivity contribution in [2.45, 2.75) is 13.0 Å². The van der Waals surface area contributed by atoms with Crippen LogP contribution in [0.5, 0.6) is 0 Å². The third-order valence-electron chi connectivity index (χ3n) is 2.73. The number of H-pyrrole nitrogens is 1. The molecule has 1 atom stereocenters. The third kappa shape index (κ3) is 2.46. The summed E-state index contributed by atoms with van der Waals surface area (Å²) in [5, 5.41) is 3.77. The summed E-state index contributed by atoms with van der Waals surface area (Å²) in [6, 6.07) is 7.33. The fraction of sp³-hybridized carbons (Fsp3) is 0.308. The van der Waals surface area contributed by atoms with Crippen LogP contribution in [-0.4, -0.2) is 30.6 Å². The highest BCUT2D eigenvalue weighted by molar-refractivity contribution is 6.00. The van der Waals surface area contributed by atoms with Crippen molar-refractivity contribution >= 4 is 22.5 Å². The van der Waals surface area contributed by atoms with Gasteiger partial charge in [-0.15, -0.1) is 0 Å². The highest BCUT2D eigenvalue weighted by Gasteiger charge is 2.12. The van der Waals surface area contributed by atoms with Crippen molar-refractivity contribution < 1.29 is 9.53 Å². The van der Waals surface area contributed by atoms with Crippen molar-refractivity contribution in [1.82, 2.24) is 10.3 Å². The number of methoxy groups -OCH3 is 1. The fourth-order valence-corrected chi connectivity index (χ4v) is 1.90. The van der Waals surface area contributed by atoms with Crippen molar-refractivity contribution in [1.29, 1.82) is 0 Å². The Balaban J connectivity index is 2.21. The number of aromatic nitrogens is 1. The molecule has 0 radical (unpaired) electrons. The van der Waals surface area contributed by atoms with Crippen molar-refractivity contribution in [3.05, 3.63) is 30.0 Å². The normalized spacial score (nSPS) is 12.6. The van der Waals surface area contributed by atoms with Gasteiger partial charge >= 0.3 is 0 Å². The molecule has 1 amide bonds. The molecule has 18 heavy (non-hydrogen) atoms. The summed E-state index contributed by atoms with van der Waals surface area (Å²) in [6.45, 7) is 2.37. The van der Waals surface area contributed by atoms with Gasteiger partial charge in [-0.2, -0.15) is 0 Å². The lowest BCUT2D eigenvalue weighted by molar-refractivity contribution is 0.0901. The molecule has 1 unspecified atom stereocenters. The van der Waals surface area contributed by atoms with Crippen molar-refractivity contribution in [3.8, 4) is 0 Å². The van der Waals surface area contributed by atoms with Gasteiger partial charge < -0.3 is 20.8 Å². The number of fused-ring (bicyclic) bond motifs is 1. The number of carbonyl (C=O) groups excluding carboxylic acids is 1. The van der Waals surface area contributed by atoms with Gasteiger partial charge in [0.2, 0.25) is 0 Å². The molecule has 5 nitrogen and oxygen atoms in total. The zero-order valence-electron chi connectivity index (χ0n) is 10.5. The first kappa shape index (κ1) is 12.4. The number of para-hydroxylation sites is 1. The number of ether oxygens (including phenoxy) is 1. The summed E-state index contributed by atoms with van der Waals surface area (Å²) >= 11 is 0. The van der Waals surface area contributed by atoms with Gasteiger partial charge in [0.05, 0.1) is 17.8 Å². The molecule has 1 aromatic heterocycles. The van der Waals surface area contributed by atoms with Crippen LogP contribution in [0.4, 0.5) is 5.69 Å². The maximum atomic E-state index is 12.0. The first-order chi connectivity index (χ1) is 8.61. The number of aromatic amines is 1. The Kier molecular flexibility index (Phi) is 3.53. The predicted molar refractivity (Wildman–Crippen MR) is 71.5 cm³/mol. The van der Waals surface area contributed by atoms with Crippen LogP contribution in [0.3, 0.4) is 0 Å². The number of hydrogen-bond acceptors (Lipinski definition) is 3.